The van der Waals surface area contributed by atoms with Gasteiger partial charge in [0.15, 0.2) is 0 Å². The van der Waals surface area contributed by atoms with Gasteiger partial charge in [0, 0.05) is 43.3 Å². The summed E-state index contributed by atoms with van der Waals surface area (Å²) in [5, 5.41) is 7.32. The molecule has 2 aliphatic heterocycles. The Morgan fingerprint density at radius 1 is 0.968 bits per heavy atom. The van der Waals surface area contributed by atoms with Crippen molar-refractivity contribution in [3.8, 4) is 0 Å². The molecule has 0 aromatic carbocycles. The number of carbonyl (C=O) groups is 2. The fourth-order valence-corrected chi connectivity index (χ4v) is 5.76. The summed E-state index contributed by atoms with van der Waals surface area (Å²) in [6.45, 7) is 3.48. The molecule has 4 aromatic rings. The Labute approximate surface area is 185 Å². The molecular weight excluding hydrogens is 432 g/mol. The molecule has 2 amide bonds. The monoisotopic (exact) mass is 450 g/mol. The number of rotatable bonds is 3. The second-order valence-electron chi connectivity index (χ2n) is 7.70. The van der Waals surface area contributed by atoms with Gasteiger partial charge in [-0.2, -0.15) is 0 Å². The van der Waals surface area contributed by atoms with Crippen LogP contribution in [0.1, 0.15) is 11.3 Å². The zero-order chi connectivity index (χ0) is 21.1. The van der Waals surface area contributed by atoms with Gasteiger partial charge in [0.05, 0.1) is 21.4 Å². The van der Waals surface area contributed by atoms with Crippen LogP contribution in [0.5, 0.6) is 0 Å². The van der Waals surface area contributed by atoms with Crippen LogP contribution in [0.3, 0.4) is 0 Å². The number of piperazine rings is 1. The maximum Gasteiger partial charge on any atom is 0.261 e. The summed E-state index contributed by atoms with van der Waals surface area (Å²) in [4.78, 5) is 44.0. The first kappa shape index (κ1) is 18.7. The third kappa shape index (κ3) is 2.90. The van der Waals surface area contributed by atoms with Crippen LogP contribution in [0.2, 0.25) is 0 Å². The van der Waals surface area contributed by atoms with Crippen molar-refractivity contribution in [3.05, 3.63) is 40.3 Å². The minimum absolute atomic E-state index is 0.322. The quantitative estimate of drug-likeness (QED) is 0.466. The number of nitrogens with one attached hydrogen (secondary N) is 2. The zero-order valence-electron chi connectivity index (χ0n) is 16.6. The fraction of sp³-hybridized carbons (Fsp3) is 0.238. The third-order valence-corrected chi connectivity index (χ3v) is 7.57. The van der Waals surface area contributed by atoms with Crippen LogP contribution in [0.15, 0.2) is 29.1 Å². The molecule has 8 nitrogen and oxygen atoms in total. The van der Waals surface area contributed by atoms with E-state index in [-0.39, 0.29) is 0 Å². The Morgan fingerprint density at radius 2 is 1.74 bits per heavy atom. The van der Waals surface area contributed by atoms with Crippen LogP contribution in [0.4, 0.5) is 5.95 Å². The fourth-order valence-electron chi connectivity index (χ4n) is 4.16. The highest BCUT2D eigenvalue weighted by atomic mass is 32.1. The van der Waals surface area contributed by atoms with Gasteiger partial charge in [0.2, 0.25) is 5.95 Å². The van der Waals surface area contributed by atoms with Gasteiger partial charge in [0.1, 0.15) is 10.5 Å². The van der Waals surface area contributed by atoms with E-state index in [0.29, 0.717) is 22.8 Å². The summed E-state index contributed by atoms with van der Waals surface area (Å²) in [6.07, 6.45) is 1.79. The van der Waals surface area contributed by atoms with Gasteiger partial charge < -0.3 is 14.8 Å². The van der Waals surface area contributed by atoms with Gasteiger partial charge in [-0.15, -0.1) is 22.7 Å². The van der Waals surface area contributed by atoms with Crippen LogP contribution >= 0.6 is 22.7 Å². The summed E-state index contributed by atoms with van der Waals surface area (Å²) >= 11 is 3.04. The van der Waals surface area contributed by atoms with Crippen molar-refractivity contribution in [1.82, 2.24) is 25.2 Å². The Morgan fingerprint density at radius 3 is 2.58 bits per heavy atom. The Kier molecular flexibility index (Phi) is 4.20. The number of hydrogen-bond donors (Lipinski definition) is 2. The van der Waals surface area contributed by atoms with Crippen molar-refractivity contribution < 1.29 is 9.59 Å². The van der Waals surface area contributed by atoms with Crippen molar-refractivity contribution in [2.24, 2.45) is 0 Å². The predicted molar refractivity (Wildman–Crippen MR) is 123 cm³/mol. The van der Waals surface area contributed by atoms with Crippen LogP contribution in [-0.4, -0.2) is 64.9 Å². The summed E-state index contributed by atoms with van der Waals surface area (Å²) in [6, 6.07) is 3.90. The summed E-state index contributed by atoms with van der Waals surface area (Å²) in [5.41, 5.74) is 2.73. The molecule has 156 valence electrons. The number of hydrogen-bond acceptors (Lipinski definition) is 8. The molecule has 6 rings (SSSR count). The highest BCUT2D eigenvalue weighted by Crippen LogP contribution is 2.39. The van der Waals surface area contributed by atoms with E-state index in [1.165, 1.54) is 11.3 Å². The smallest absolute Gasteiger partial charge is 0.261 e. The average Bonchev–Trinajstić information content (AvgIpc) is 3.52. The van der Waals surface area contributed by atoms with Gasteiger partial charge in [-0.05, 0) is 29.9 Å². The SMILES string of the molecule is CN1CCN(c2nc(C3=C(c4c[nH]c5sccc45)C(=O)NC3=O)c3sccc3n2)CC1. The van der Waals surface area contributed by atoms with Crippen molar-refractivity contribution in [2.75, 3.05) is 38.1 Å². The number of anilines is 1. The number of thiophene rings is 2. The van der Waals surface area contributed by atoms with Gasteiger partial charge >= 0.3 is 0 Å². The molecule has 0 bridgehead atoms. The van der Waals surface area contributed by atoms with E-state index in [9.17, 15) is 9.59 Å². The number of fused-ring (bicyclic) bond motifs is 2. The molecule has 0 saturated carbocycles. The minimum atomic E-state index is -0.415. The van der Waals surface area contributed by atoms with Crippen LogP contribution in [0, 0.1) is 0 Å². The molecule has 1 fully saturated rings. The lowest BCUT2D eigenvalue weighted by atomic mass is 9.99. The molecule has 0 radical (unpaired) electrons. The van der Waals surface area contributed by atoms with E-state index in [0.717, 1.165) is 52.2 Å². The molecule has 10 heteroatoms. The van der Waals surface area contributed by atoms with Gasteiger partial charge in [-0.25, -0.2) is 9.97 Å². The second kappa shape index (κ2) is 6.98. The molecule has 0 aliphatic carbocycles. The van der Waals surface area contributed by atoms with Crippen LogP contribution < -0.4 is 10.2 Å². The summed E-state index contributed by atoms with van der Waals surface area (Å²) in [5.74, 6) is -0.207. The van der Waals surface area contributed by atoms with E-state index in [1.807, 2.05) is 22.9 Å². The van der Waals surface area contributed by atoms with Crippen LogP contribution in [-0.2, 0) is 9.59 Å². The van der Waals surface area contributed by atoms with Crippen molar-refractivity contribution in [1.29, 1.82) is 0 Å². The highest BCUT2D eigenvalue weighted by molar-refractivity contribution is 7.17. The van der Waals surface area contributed by atoms with Crippen molar-refractivity contribution >= 4 is 72.0 Å². The molecule has 2 aliphatic rings. The zero-order valence-corrected chi connectivity index (χ0v) is 18.3. The lowest BCUT2D eigenvalue weighted by Crippen LogP contribution is -2.45. The first-order chi connectivity index (χ1) is 15.1. The van der Waals surface area contributed by atoms with Gasteiger partial charge in [-0.1, -0.05) is 0 Å². The number of aromatic amines is 1. The molecule has 0 spiro atoms. The van der Waals surface area contributed by atoms with Crippen LogP contribution in [0.25, 0.3) is 31.6 Å². The van der Waals surface area contributed by atoms with E-state index in [2.05, 4.69) is 27.1 Å². The number of imide groups is 1. The van der Waals surface area contributed by atoms with E-state index in [4.69, 9.17) is 9.97 Å². The first-order valence-corrected chi connectivity index (χ1v) is 11.7. The number of amides is 2. The molecule has 6 heterocycles. The predicted octanol–water partition coefficient (Wildman–Crippen LogP) is 2.55. The first-order valence-electron chi connectivity index (χ1n) is 9.94. The number of likely N-dealkylation sites (N-methyl/N-ethyl adjacent to an activating group) is 1. The Balaban J connectivity index is 1.58. The maximum atomic E-state index is 13.0. The van der Waals surface area contributed by atoms with E-state index < -0.39 is 11.8 Å². The second-order valence-corrected chi connectivity index (χ2v) is 9.53. The van der Waals surface area contributed by atoms with Gasteiger partial charge in [0.25, 0.3) is 11.8 Å². The third-order valence-electron chi connectivity index (χ3n) is 5.82. The average molecular weight is 451 g/mol. The standard InChI is InChI=1S/C21H18N6O2S2/c1-26-4-6-27(7-5-26)21-23-13-3-9-30-17(13)16(24-21)15-14(18(28)25-19(15)29)12-10-22-20-11(12)2-8-31-20/h2-3,8-10,22H,4-7H2,1H3,(H,25,28,29). The summed E-state index contributed by atoms with van der Waals surface area (Å²) < 4.78 is 0.812. The normalized spacial score (nSPS) is 18.0. The van der Waals surface area contributed by atoms with Crippen molar-refractivity contribution in [3.63, 3.8) is 0 Å². The van der Waals surface area contributed by atoms with Crippen molar-refractivity contribution in [2.45, 2.75) is 0 Å². The maximum absolute atomic E-state index is 13.0. The van der Waals surface area contributed by atoms with E-state index in [1.54, 1.807) is 17.5 Å². The molecule has 31 heavy (non-hydrogen) atoms. The lowest BCUT2D eigenvalue weighted by Gasteiger charge is -2.32. The number of H-pyrrole nitrogens is 1. The largest absolute Gasteiger partial charge is 0.352 e. The Bertz CT molecular complexity index is 1390. The topological polar surface area (TPSA) is 94.2 Å². The molecule has 0 unspecified atom stereocenters. The van der Waals surface area contributed by atoms with E-state index >= 15 is 0 Å². The molecule has 2 N–H and O–H groups in total. The van der Waals surface area contributed by atoms with Gasteiger partial charge in [-0.3, -0.25) is 14.9 Å². The number of aromatic nitrogens is 3. The summed E-state index contributed by atoms with van der Waals surface area (Å²) in [7, 11) is 2.10. The Hall–Kier alpha value is -3.08. The molecule has 0 atom stereocenters. The minimum Gasteiger partial charge on any atom is -0.352 e. The molecule has 4 aromatic heterocycles. The highest BCUT2D eigenvalue weighted by Gasteiger charge is 2.36. The molecular formula is C21H18N6O2S2. The molecule has 1 saturated heterocycles. The lowest BCUT2D eigenvalue weighted by molar-refractivity contribution is -0.122. The number of nitrogens with zero attached hydrogens (tertiary/aromatic N) is 4. The number of carbonyl (C=O) groups excluding carboxylic acids is 2.